The number of nitrogens with zero attached hydrogens (tertiary/aromatic N) is 3. The van der Waals surface area contributed by atoms with Gasteiger partial charge < -0.3 is 15.0 Å². The molecule has 0 bridgehead atoms. The lowest BCUT2D eigenvalue weighted by Crippen LogP contribution is -2.37. The van der Waals surface area contributed by atoms with Crippen molar-refractivity contribution in [2.45, 2.75) is 57.5 Å². The van der Waals surface area contributed by atoms with E-state index in [1.807, 2.05) is 28.9 Å². The molecule has 1 amide bonds. The molecule has 1 N–H and O–H groups in total. The van der Waals surface area contributed by atoms with E-state index in [4.69, 9.17) is 16.3 Å². The highest BCUT2D eigenvalue weighted by Gasteiger charge is 2.33. The van der Waals surface area contributed by atoms with E-state index in [2.05, 4.69) is 36.1 Å². The third-order valence-corrected chi connectivity index (χ3v) is 5.84. The predicted molar refractivity (Wildman–Crippen MR) is 115 cm³/mol. The summed E-state index contributed by atoms with van der Waals surface area (Å²) in [4.78, 5) is 15.1. The summed E-state index contributed by atoms with van der Waals surface area (Å²) in [7, 11) is 1.66. The molecule has 1 aliphatic heterocycles. The number of carbonyl (C=O) groups is 1. The maximum atomic E-state index is 12.9. The van der Waals surface area contributed by atoms with E-state index in [1.54, 1.807) is 7.11 Å². The Kier molecular flexibility index (Phi) is 5.23. The Hall–Kier alpha value is -2.21. The molecule has 6 nitrogen and oxygen atoms in total. The predicted octanol–water partition coefficient (Wildman–Crippen LogP) is 4.19. The molecule has 29 heavy (non-hydrogen) atoms. The van der Waals surface area contributed by atoms with Crippen LogP contribution in [0.5, 0.6) is 5.75 Å². The van der Waals surface area contributed by atoms with Crippen molar-refractivity contribution < 1.29 is 9.53 Å². The third kappa shape index (κ3) is 4.22. The van der Waals surface area contributed by atoms with E-state index in [9.17, 15) is 4.79 Å². The van der Waals surface area contributed by atoms with Crippen molar-refractivity contribution in [1.29, 1.82) is 0 Å². The first-order valence-corrected chi connectivity index (χ1v) is 10.6. The number of methoxy groups -OCH3 is 1. The molecule has 2 aromatic rings. The van der Waals surface area contributed by atoms with Gasteiger partial charge in [-0.3, -0.25) is 9.48 Å². The van der Waals surface area contributed by atoms with Gasteiger partial charge in [-0.05, 0) is 64.3 Å². The van der Waals surface area contributed by atoms with Gasteiger partial charge in [0.05, 0.1) is 18.3 Å². The standard InChI is InChI=1S/C22H29ClN4O2/c1-22(2,3)27-18(14-5-6-14)12-17(25-27)21(28)24-16-9-10-26(13-16)19-11-15(23)7-8-20(19)29-4/h7-8,11-12,14,16H,5-6,9-10,13H2,1-4H3,(H,24,28). The number of hydrogen-bond donors (Lipinski definition) is 1. The van der Waals surface area contributed by atoms with Crippen LogP contribution >= 0.6 is 11.6 Å². The maximum Gasteiger partial charge on any atom is 0.272 e. The van der Waals surface area contributed by atoms with Crippen LogP contribution in [0.4, 0.5) is 5.69 Å². The number of ether oxygens (including phenoxy) is 1. The molecule has 156 valence electrons. The van der Waals surface area contributed by atoms with E-state index < -0.39 is 0 Å². The minimum atomic E-state index is -0.135. The molecule has 1 aliphatic carbocycles. The second-order valence-electron chi connectivity index (χ2n) is 9.03. The molecule has 7 heteroatoms. The van der Waals surface area contributed by atoms with Crippen molar-refractivity contribution in [3.8, 4) is 5.75 Å². The number of nitrogens with one attached hydrogen (secondary N) is 1. The third-order valence-electron chi connectivity index (χ3n) is 5.61. The number of benzene rings is 1. The highest BCUT2D eigenvalue weighted by Crippen LogP contribution is 2.41. The van der Waals surface area contributed by atoms with Crippen LogP contribution in [0.25, 0.3) is 0 Å². The van der Waals surface area contributed by atoms with Crippen LogP contribution in [0.2, 0.25) is 5.02 Å². The van der Waals surface area contributed by atoms with Gasteiger partial charge in [-0.15, -0.1) is 0 Å². The molecule has 1 atom stereocenters. The summed E-state index contributed by atoms with van der Waals surface area (Å²) in [5, 5.41) is 8.50. The number of amides is 1. The largest absolute Gasteiger partial charge is 0.495 e. The van der Waals surface area contributed by atoms with E-state index in [0.29, 0.717) is 16.6 Å². The van der Waals surface area contributed by atoms with Crippen molar-refractivity contribution in [3.63, 3.8) is 0 Å². The molecule has 1 aromatic carbocycles. The van der Waals surface area contributed by atoms with Crippen molar-refractivity contribution in [1.82, 2.24) is 15.1 Å². The van der Waals surface area contributed by atoms with Crippen LogP contribution in [0, 0.1) is 0 Å². The van der Waals surface area contributed by atoms with Crippen molar-refractivity contribution in [3.05, 3.63) is 40.7 Å². The lowest BCUT2D eigenvalue weighted by molar-refractivity contribution is 0.0933. The minimum Gasteiger partial charge on any atom is -0.495 e. The molecule has 1 saturated carbocycles. The van der Waals surface area contributed by atoms with Crippen molar-refractivity contribution in [2.24, 2.45) is 0 Å². The van der Waals surface area contributed by atoms with Gasteiger partial charge >= 0.3 is 0 Å². The first-order chi connectivity index (χ1) is 13.8. The molecular weight excluding hydrogens is 388 g/mol. The van der Waals surface area contributed by atoms with Crippen LogP contribution in [0.3, 0.4) is 0 Å². The Morgan fingerprint density at radius 3 is 2.66 bits per heavy atom. The first kappa shape index (κ1) is 20.1. The monoisotopic (exact) mass is 416 g/mol. The summed E-state index contributed by atoms with van der Waals surface area (Å²) in [5.41, 5.74) is 2.52. The van der Waals surface area contributed by atoms with Crippen LogP contribution < -0.4 is 15.0 Å². The quantitative estimate of drug-likeness (QED) is 0.794. The molecule has 2 heterocycles. The zero-order valence-corrected chi connectivity index (χ0v) is 18.3. The van der Waals surface area contributed by atoms with Crippen LogP contribution in [-0.2, 0) is 5.54 Å². The molecule has 1 saturated heterocycles. The molecule has 2 aliphatic rings. The summed E-state index contributed by atoms with van der Waals surface area (Å²) < 4.78 is 7.50. The van der Waals surface area contributed by atoms with Crippen molar-refractivity contribution >= 4 is 23.2 Å². The smallest absolute Gasteiger partial charge is 0.272 e. The highest BCUT2D eigenvalue weighted by molar-refractivity contribution is 6.30. The number of rotatable bonds is 5. The Morgan fingerprint density at radius 2 is 2.00 bits per heavy atom. The van der Waals surface area contributed by atoms with Crippen molar-refractivity contribution in [2.75, 3.05) is 25.1 Å². The average Bonchev–Trinajstić information content (AvgIpc) is 3.23. The Labute approximate surface area is 177 Å². The zero-order chi connectivity index (χ0) is 20.8. The molecule has 4 rings (SSSR count). The number of aromatic nitrogens is 2. The molecule has 1 unspecified atom stereocenters. The van der Waals surface area contributed by atoms with Gasteiger partial charge in [0.2, 0.25) is 0 Å². The van der Waals surface area contributed by atoms with Gasteiger partial charge in [0.1, 0.15) is 11.4 Å². The Balaban J connectivity index is 1.46. The number of anilines is 1. The lowest BCUT2D eigenvalue weighted by Gasteiger charge is -2.22. The number of carbonyl (C=O) groups excluding carboxylic acids is 1. The zero-order valence-electron chi connectivity index (χ0n) is 17.5. The van der Waals surface area contributed by atoms with E-state index >= 15 is 0 Å². The second-order valence-corrected chi connectivity index (χ2v) is 9.47. The topological polar surface area (TPSA) is 59.4 Å². The summed E-state index contributed by atoms with van der Waals surface area (Å²) in [6, 6.07) is 7.66. The maximum absolute atomic E-state index is 12.9. The molecule has 1 aromatic heterocycles. The van der Waals surface area contributed by atoms with Gasteiger partial charge in [0.15, 0.2) is 0 Å². The molecular formula is C22H29ClN4O2. The molecule has 0 radical (unpaired) electrons. The number of halogens is 1. The fourth-order valence-corrected chi connectivity index (χ4v) is 4.15. The summed E-state index contributed by atoms with van der Waals surface area (Å²) in [5.74, 6) is 1.24. The first-order valence-electron chi connectivity index (χ1n) is 10.3. The fraction of sp³-hybridized carbons (Fsp3) is 0.545. The van der Waals surface area contributed by atoms with Crippen LogP contribution in [0.1, 0.15) is 62.1 Å². The second kappa shape index (κ2) is 7.56. The normalized spacial score (nSPS) is 19.5. The van der Waals surface area contributed by atoms with Crippen LogP contribution in [0.15, 0.2) is 24.3 Å². The van der Waals surface area contributed by atoms with Crippen LogP contribution in [-0.4, -0.2) is 41.9 Å². The van der Waals surface area contributed by atoms with Gasteiger partial charge in [0.25, 0.3) is 5.91 Å². The summed E-state index contributed by atoms with van der Waals surface area (Å²) in [6.07, 6.45) is 3.24. The van der Waals surface area contributed by atoms with E-state index in [0.717, 1.165) is 30.9 Å². The van der Waals surface area contributed by atoms with E-state index in [-0.39, 0.29) is 17.5 Å². The lowest BCUT2D eigenvalue weighted by atomic mass is 10.1. The van der Waals surface area contributed by atoms with Gasteiger partial charge in [-0.25, -0.2) is 0 Å². The van der Waals surface area contributed by atoms with Gasteiger partial charge in [-0.2, -0.15) is 5.10 Å². The average molecular weight is 417 g/mol. The minimum absolute atomic E-state index is 0.0651. The fourth-order valence-electron chi connectivity index (χ4n) is 3.98. The van der Waals surface area contributed by atoms with Gasteiger partial charge in [-0.1, -0.05) is 11.6 Å². The molecule has 0 spiro atoms. The Morgan fingerprint density at radius 1 is 1.24 bits per heavy atom. The summed E-state index contributed by atoms with van der Waals surface area (Å²) in [6.45, 7) is 7.94. The SMILES string of the molecule is COc1ccc(Cl)cc1N1CCC(NC(=O)c2cc(C3CC3)n(C(C)(C)C)n2)C1. The van der Waals surface area contributed by atoms with Gasteiger partial charge in [0, 0.05) is 35.8 Å². The highest BCUT2D eigenvalue weighted by atomic mass is 35.5. The number of hydrogen-bond acceptors (Lipinski definition) is 4. The Bertz CT molecular complexity index is 914. The van der Waals surface area contributed by atoms with E-state index in [1.165, 1.54) is 18.5 Å². The molecule has 2 fully saturated rings. The summed E-state index contributed by atoms with van der Waals surface area (Å²) >= 11 is 6.17.